The highest BCUT2D eigenvalue weighted by Crippen LogP contribution is 2.42. The van der Waals surface area contributed by atoms with Crippen LogP contribution in [-0.2, 0) is 9.53 Å². The van der Waals surface area contributed by atoms with Crippen molar-refractivity contribution >= 4 is 17.6 Å². The molecule has 6 nitrogen and oxygen atoms in total. The van der Waals surface area contributed by atoms with Crippen molar-refractivity contribution in [2.45, 2.75) is 25.9 Å². The number of nitrogens with zero attached hydrogens (tertiary/aromatic N) is 1. The van der Waals surface area contributed by atoms with Gasteiger partial charge in [-0.05, 0) is 32.0 Å². The number of carbonyl (C=O) groups excluding carboxylic acids is 1. The minimum absolute atomic E-state index is 0.265. The zero-order valence-electron chi connectivity index (χ0n) is 12.9. The largest absolute Gasteiger partial charge is 0.490 e. The second-order valence-electron chi connectivity index (χ2n) is 5.32. The number of carbonyl (C=O) groups is 1. The van der Waals surface area contributed by atoms with Crippen LogP contribution in [-0.4, -0.2) is 30.1 Å². The van der Waals surface area contributed by atoms with Gasteiger partial charge in [0.05, 0.1) is 12.5 Å². The van der Waals surface area contributed by atoms with Crippen molar-refractivity contribution in [1.82, 2.24) is 0 Å². The minimum atomic E-state index is -0.476. The SMILES string of the molecule is CCOC(=O)/C=C/[C@H]1[C@H](C)Oc2ccc(Cl)cc2[C@@H]1C[N+](=O)[O-]. The number of hydrogen-bond donors (Lipinski definition) is 0. The van der Waals surface area contributed by atoms with Crippen molar-refractivity contribution < 1.29 is 19.2 Å². The first-order valence-electron chi connectivity index (χ1n) is 7.35. The van der Waals surface area contributed by atoms with Crippen molar-refractivity contribution in [2.24, 2.45) is 5.92 Å². The Morgan fingerprint density at radius 1 is 1.52 bits per heavy atom. The molecule has 23 heavy (non-hydrogen) atoms. The third kappa shape index (κ3) is 4.22. The van der Waals surface area contributed by atoms with Gasteiger partial charge >= 0.3 is 5.97 Å². The van der Waals surface area contributed by atoms with Gasteiger partial charge < -0.3 is 9.47 Å². The fraction of sp³-hybridized carbons (Fsp3) is 0.438. The summed E-state index contributed by atoms with van der Waals surface area (Å²) in [6.45, 7) is 3.55. The van der Waals surface area contributed by atoms with E-state index in [4.69, 9.17) is 21.1 Å². The summed E-state index contributed by atoms with van der Waals surface area (Å²) in [5, 5.41) is 11.6. The van der Waals surface area contributed by atoms with Crippen LogP contribution in [0.4, 0.5) is 0 Å². The first-order valence-corrected chi connectivity index (χ1v) is 7.73. The van der Waals surface area contributed by atoms with Crippen LogP contribution in [0.25, 0.3) is 0 Å². The van der Waals surface area contributed by atoms with Crippen LogP contribution in [0.15, 0.2) is 30.4 Å². The number of esters is 1. The maximum Gasteiger partial charge on any atom is 0.330 e. The van der Waals surface area contributed by atoms with Crippen molar-refractivity contribution in [2.75, 3.05) is 13.2 Å². The summed E-state index contributed by atoms with van der Waals surface area (Å²) < 4.78 is 10.7. The van der Waals surface area contributed by atoms with Crippen LogP contribution in [0, 0.1) is 16.0 Å². The van der Waals surface area contributed by atoms with E-state index in [2.05, 4.69) is 0 Å². The molecule has 0 spiro atoms. The fourth-order valence-electron chi connectivity index (χ4n) is 2.78. The monoisotopic (exact) mass is 339 g/mol. The third-order valence-electron chi connectivity index (χ3n) is 3.78. The Labute approximate surface area is 139 Å². The summed E-state index contributed by atoms with van der Waals surface area (Å²) in [4.78, 5) is 22.2. The zero-order chi connectivity index (χ0) is 17.0. The molecule has 0 N–H and O–H groups in total. The maximum atomic E-state index is 11.5. The second kappa shape index (κ2) is 7.46. The van der Waals surface area contributed by atoms with Gasteiger partial charge in [-0.2, -0.15) is 0 Å². The Kier molecular flexibility index (Phi) is 5.60. The summed E-state index contributed by atoms with van der Waals surface area (Å²) in [5.41, 5.74) is 0.686. The molecule has 124 valence electrons. The van der Waals surface area contributed by atoms with Gasteiger partial charge in [-0.1, -0.05) is 17.7 Å². The summed E-state index contributed by atoms with van der Waals surface area (Å²) in [5.74, 6) is -0.630. The average Bonchev–Trinajstić information content (AvgIpc) is 2.47. The van der Waals surface area contributed by atoms with Crippen molar-refractivity contribution in [3.8, 4) is 5.75 Å². The molecule has 3 atom stereocenters. The first-order chi connectivity index (χ1) is 10.9. The Hall–Kier alpha value is -2.08. The van der Waals surface area contributed by atoms with E-state index in [0.29, 0.717) is 16.3 Å². The topological polar surface area (TPSA) is 78.7 Å². The Morgan fingerprint density at radius 3 is 2.91 bits per heavy atom. The third-order valence-corrected chi connectivity index (χ3v) is 4.01. The van der Waals surface area contributed by atoms with Gasteiger partial charge in [0.1, 0.15) is 11.9 Å². The van der Waals surface area contributed by atoms with Gasteiger partial charge in [0.15, 0.2) is 0 Å². The van der Waals surface area contributed by atoms with E-state index in [1.165, 1.54) is 6.08 Å². The van der Waals surface area contributed by atoms with Gasteiger partial charge in [-0.25, -0.2) is 4.79 Å². The smallest absolute Gasteiger partial charge is 0.330 e. The molecule has 7 heteroatoms. The summed E-state index contributed by atoms with van der Waals surface area (Å²) in [7, 11) is 0. The summed E-state index contributed by atoms with van der Waals surface area (Å²) in [6.07, 6.45) is 2.62. The number of fused-ring (bicyclic) bond motifs is 1. The van der Waals surface area contributed by atoms with Gasteiger partial charge in [0.2, 0.25) is 6.54 Å². The lowest BCUT2D eigenvalue weighted by atomic mass is 9.80. The van der Waals surface area contributed by atoms with Crippen LogP contribution in [0.5, 0.6) is 5.75 Å². The van der Waals surface area contributed by atoms with Gasteiger partial charge in [0, 0.05) is 27.5 Å². The van der Waals surface area contributed by atoms with Gasteiger partial charge in [-0.15, -0.1) is 0 Å². The van der Waals surface area contributed by atoms with Crippen molar-refractivity contribution in [1.29, 1.82) is 0 Å². The predicted molar refractivity (Wildman–Crippen MR) is 85.4 cm³/mol. The molecule has 0 saturated carbocycles. The highest BCUT2D eigenvalue weighted by molar-refractivity contribution is 6.30. The fourth-order valence-corrected chi connectivity index (χ4v) is 2.96. The van der Waals surface area contributed by atoms with E-state index in [1.54, 1.807) is 31.2 Å². The molecule has 2 rings (SSSR count). The normalized spacial score (nSPS) is 23.2. The van der Waals surface area contributed by atoms with E-state index >= 15 is 0 Å². The molecular formula is C16H18ClNO5. The molecule has 0 fully saturated rings. The molecule has 0 aromatic heterocycles. The molecule has 1 aromatic carbocycles. The van der Waals surface area contributed by atoms with Crippen molar-refractivity contribution in [3.63, 3.8) is 0 Å². The molecule has 0 radical (unpaired) electrons. The standard InChI is InChI=1S/C16H18ClNO5/c1-3-22-16(19)7-5-12-10(2)23-15-6-4-11(17)8-13(15)14(12)9-18(20)21/h4-8,10,12,14H,3,9H2,1-2H3/b7-5+/t10-,12-,14+/m0/s1. The van der Waals surface area contributed by atoms with E-state index in [0.717, 1.165) is 0 Å². The number of rotatable bonds is 5. The van der Waals surface area contributed by atoms with Crippen molar-refractivity contribution in [3.05, 3.63) is 51.1 Å². The zero-order valence-corrected chi connectivity index (χ0v) is 13.7. The van der Waals surface area contributed by atoms with Crippen LogP contribution in [0.3, 0.4) is 0 Å². The van der Waals surface area contributed by atoms with Gasteiger partial charge in [-0.3, -0.25) is 10.1 Å². The second-order valence-corrected chi connectivity index (χ2v) is 5.75. The van der Waals surface area contributed by atoms with E-state index in [-0.39, 0.29) is 30.1 Å². The highest BCUT2D eigenvalue weighted by atomic mass is 35.5. The maximum absolute atomic E-state index is 11.5. The minimum Gasteiger partial charge on any atom is -0.490 e. The molecule has 0 bridgehead atoms. The van der Waals surface area contributed by atoms with Crippen LogP contribution < -0.4 is 4.74 Å². The summed E-state index contributed by atoms with van der Waals surface area (Å²) in [6, 6.07) is 5.08. The number of halogens is 1. The molecule has 1 aromatic rings. The molecule has 1 heterocycles. The number of benzene rings is 1. The predicted octanol–water partition coefficient (Wildman–Crippen LogP) is 3.22. The molecule has 1 aliphatic heterocycles. The molecule has 0 unspecified atom stereocenters. The number of nitro groups is 1. The van der Waals surface area contributed by atoms with E-state index in [9.17, 15) is 14.9 Å². The lowest BCUT2D eigenvalue weighted by Crippen LogP contribution is -2.36. The van der Waals surface area contributed by atoms with E-state index < -0.39 is 11.9 Å². The highest BCUT2D eigenvalue weighted by Gasteiger charge is 2.37. The average molecular weight is 340 g/mol. The quantitative estimate of drug-likeness (QED) is 0.356. The van der Waals surface area contributed by atoms with Gasteiger partial charge in [0.25, 0.3) is 0 Å². The van der Waals surface area contributed by atoms with Crippen LogP contribution in [0.2, 0.25) is 5.02 Å². The van der Waals surface area contributed by atoms with Crippen LogP contribution >= 0.6 is 11.6 Å². The molecule has 1 aliphatic rings. The Morgan fingerprint density at radius 2 is 2.26 bits per heavy atom. The molecule has 0 aliphatic carbocycles. The van der Waals surface area contributed by atoms with E-state index in [1.807, 2.05) is 6.92 Å². The number of hydrogen-bond acceptors (Lipinski definition) is 5. The first kappa shape index (κ1) is 17.3. The Balaban J connectivity index is 2.35. The lowest BCUT2D eigenvalue weighted by molar-refractivity contribution is -0.485. The number of ether oxygens (including phenoxy) is 2. The molecule has 0 saturated heterocycles. The Bertz CT molecular complexity index is 631. The molecular weight excluding hydrogens is 322 g/mol. The molecule has 0 amide bonds. The lowest BCUT2D eigenvalue weighted by Gasteiger charge is -2.35. The van der Waals surface area contributed by atoms with Crippen LogP contribution in [0.1, 0.15) is 25.3 Å². The summed E-state index contributed by atoms with van der Waals surface area (Å²) >= 11 is 6.01.